The van der Waals surface area contributed by atoms with Gasteiger partial charge in [0.15, 0.2) is 0 Å². The molecule has 0 spiro atoms. The summed E-state index contributed by atoms with van der Waals surface area (Å²) >= 11 is 12.2. The Labute approximate surface area is 191 Å². The molecule has 1 amide bonds. The number of rotatable bonds is 6. The molecule has 31 heavy (non-hydrogen) atoms. The fourth-order valence-electron chi connectivity index (χ4n) is 3.94. The van der Waals surface area contributed by atoms with Crippen LogP contribution in [0.15, 0.2) is 53.1 Å². The summed E-state index contributed by atoms with van der Waals surface area (Å²) in [4.78, 5) is 21.5. The van der Waals surface area contributed by atoms with Crippen LogP contribution in [0.1, 0.15) is 24.3 Å². The maximum absolute atomic E-state index is 13.0. The van der Waals surface area contributed by atoms with E-state index in [4.69, 9.17) is 27.7 Å². The summed E-state index contributed by atoms with van der Waals surface area (Å²) in [6.07, 6.45) is 1.85. The largest absolute Gasteiger partial charge is 0.341 e. The van der Waals surface area contributed by atoms with Crippen LogP contribution in [0.3, 0.4) is 0 Å². The minimum atomic E-state index is -0.0319. The second-order valence-electron chi connectivity index (χ2n) is 7.89. The van der Waals surface area contributed by atoms with E-state index in [2.05, 4.69) is 15.0 Å². The van der Waals surface area contributed by atoms with E-state index in [1.165, 1.54) is 0 Å². The van der Waals surface area contributed by atoms with Crippen molar-refractivity contribution in [2.45, 2.75) is 25.9 Å². The first-order valence-corrected chi connectivity index (χ1v) is 11.0. The van der Waals surface area contributed by atoms with Gasteiger partial charge < -0.3 is 9.42 Å². The van der Waals surface area contributed by atoms with Gasteiger partial charge in [0.05, 0.1) is 17.5 Å². The van der Waals surface area contributed by atoms with Gasteiger partial charge in [-0.1, -0.05) is 58.7 Å². The van der Waals surface area contributed by atoms with E-state index in [-0.39, 0.29) is 11.8 Å². The van der Waals surface area contributed by atoms with E-state index in [1.54, 1.807) is 18.2 Å². The molecular formula is C23H24Cl2N4O2. The molecule has 1 aliphatic heterocycles. The van der Waals surface area contributed by atoms with Gasteiger partial charge >= 0.3 is 0 Å². The highest BCUT2D eigenvalue weighted by atomic mass is 35.5. The number of halogens is 2. The predicted molar refractivity (Wildman–Crippen MR) is 121 cm³/mol. The molecule has 6 nitrogen and oxygen atoms in total. The number of piperidine rings is 1. The number of nitrogens with zero attached hydrogens (tertiary/aromatic N) is 4. The SMILES string of the molecule is CN(Cc1ccccc1)C(=O)C1CCCN(Cc2nc(-c3ccc(Cl)cc3Cl)no2)C1. The van der Waals surface area contributed by atoms with Crippen LogP contribution in [0.5, 0.6) is 0 Å². The Balaban J connectivity index is 1.37. The van der Waals surface area contributed by atoms with Crippen LogP contribution < -0.4 is 0 Å². The first-order valence-electron chi connectivity index (χ1n) is 10.3. The zero-order valence-electron chi connectivity index (χ0n) is 17.3. The van der Waals surface area contributed by atoms with Crippen molar-refractivity contribution >= 4 is 29.1 Å². The van der Waals surface area contributed by atoms with Crippen LogP contribution in [0, 0.1) is 5.92 Å². The van der Waals surface area contributed by atoms with Gasteiger partial charge in [0.25, 0.3) is 0 Å². The fourth-order valence-corrected chi connectivity index (χ4v) is 4.43. The molecule has 2 aromatic carbocycles. The van der Waals surface area contributed by atoms with E-state index < -0.39 is 0 Å². The van der Waals surface area contributed by atoms with E-state index >= 15 is 0 Å². The topological polar surface area (TPSA) is 62.5 Å². The first kappa shape index (κ1) is 21.8. The molecule has 8 heteroatoms. The number of benzene rings is 2. The van der Waals surface area contributed by atoms with E-state index in [9.17, 15) is 4.79 Å². The molecule has 3 aromatic rings. The fraction of sp³-hybridized carbons (Fsp3) is 0.348. The van der Waals surface area contributed by atoms with Gasteiger partial charge in [0, 0.05) is 30.7 Å². The van der Waals surface area contributed by atoms with Crippen molar-refractivity contribution in [3.63, 3.8) is 0 Å². The highest BCUT2D eigenvalue weighted by molar-refractivity contribution is 6.36. The lowest BCUT2D eigenvalue weighted by atomic mass is 9.96. The smallest absolute Gasteiger partial charge is 0.241 e. The third-order valence-electron chi connectivity index (χ3n) is 5.49. The molecule has 0 saturated carbocycles. The molecule has 0 radical (unpaired) electrons. The van der Waals surface area contributed by atoms with Crippen molar-refractivity contribution in [2.75, 3.05) is 20.1 Å². The van der Waals surface area contributed by atoms with Gasteiger partial charge in [-0.2, -0.15) is 4.98 Å². The number of carbonyl (C=O) groups is 1. The molecule has 1 aromatic heterocycles. The molecule has 1 aliphatic rings. The normalized spacial score (nSPS) is 16.9. The highest BCUT2D eigenvalue weighted by Gasteiger charge is 2.29. The van der Waals surface area contributed by atoms with E-state index in [0.29, 0.717) is 47.0 Å². The van der Waals surface area contributed by atoms with Crippen LogP contribution in [0.2, 0.25) is 10.0 Å². The van der Waals surface area contributed by atoms with Crippen molar-refractivity contribution in [3.8, 4) is 11.4 Å². The molecule has 1 fully saturated rings. The van der Waals surface area contributed by atoms with Crippen LogP contribution in [0.4, 0.5) is 0 Å². The number of likely N-dealkylation sites (tertiary alicyclic amines) is 1. The molecule has 0 aliphatic carbocycles. The molecule has 1 unspecified atom stereocenters. The monoisotopic (exact) mass is 458 g/mol. The Morgan fingerprint density at radius 3 is 2.81 bits per heavy atom. The molecule has 1 atom stereocenters. The second kappa shape index (κ2) is 9.81. The lowest BCUT2D eigenvalue weighted by Crippen LogP contribution is -2.43. The Kier molecular flexibility index (Phi) is 6.90. The predicted octanol–water partition coefficient (Wildman–Crippen LogP) is 4.91. The molecule has 1 saturated heterocycles. The Hall–Kier alpha value is -2.41. The van der Waals surface area contributed by atoms with Crippen LogP contribution in [0.25, 0.3) is 11.4 Å². The zero-order valence-corrected chi connectivity index (χ0v) is 18.8. The minimum absolute atomic E-state index is 0.0319. The average molecular weight is 459 g/mol. The number of carbonyl (C=O) groups excluding carboxylic acids is 1. The van der Waals surface area contributed by atoms with E-state index in [0.717, 1.165) is 24.9 Å². The summed E-state index contributed by atoms with van der Waals surface area (Å²) in [6.45, 7) is 2.69. The molecule has 4 rings (SSSR count). The van der Waals surface area contributed by atoms with Gasteiger partial charge in [0.1, 0.15) is 0 Å². The molecule has 0 N–H and O–H groups in total. The number of aromatic nitrogens is 2. The van der Waals surface area contributed by atoms with Crippen molar-refractivity contribution in [1.29, 1.82) is 0 Å². The number of amides is 1. The van der Waals surface area contributed by atoms with Crippen molar-refractivity contribution in [3.05, 3.63) is 70.0 Å². The first-order chi connectivity index (χ1) is 15.0. The summed E-state index contributed by atoms with van der Waals surface area (Å²) in [5.74, 6) is 1.08. The summed E-state index contributed by atoms with van der Waals surface area (Å²) in [5, 5.41) is 5.09. The Morgan fingerprint density at radius 2 is 2.03 bits per heavy atom. The van der Waals surface area contributed by atoms with Crippen molar-refractivity contribution in [2.24, 2.45) is 5.92 Å². The maximum atomic E-state index is 13.0. The number of hydrogen-bond donors (Lipinski definition) is 0. The van der Waals surface area contributed by atoms with Crippen LogP contribution >= 0.6 is 23.2 Å². The van der Waals surface area contributed by atoms with Crippen molar-refractivity contribution < 1.29 is 9.32 Å². The van der Waals surface area contributed by atoms with Gasteiger partial charge in [-0.05, 0) is 43.1 Å². The molecular weight excluding hydrogens is 435 g/mol. The van der Waals surface area contributed by atoms with Gasteiger partial charge in [-0.15, -0.1) is 0 Å². The number of hydrogen-bond acceptors (Lipinski definition) is 5. The second-order valence-corrected chi connectivity index (χ2v) is 8.73. The maximum Gasteiger partial charge on any atom is 0.241 e. The summed E-state index contributed by atoms with van der Waals surface area (Å²) in [6, 6.07) is 15.2. The lowest BCUT2D eigenvalue weighted by Gasteiger charge is -2.33. The van der Waals surface area contributed by atoms with Crippen LogP contribution in [-0.2, 0) is 17.9 Å². The molecule has 162 valence electrons. The zero-order chi connectivity index (χ0) is 21.8. The lowest BCUT2D eigenvalue weighted by molar-refractivity contribution is -0.136. The quantitative estimate of drug-likeness (QED) is 0.524. The highest BCUT2D eigenvalue weighted by Crippen LogP contribution is 2.29. The summed E-state index contributed by atoms with van der Waals surface area (Å²) < 4.78 is 5.44. The Morgan fingerprint density at radius 1 is 1.23 bits per heavy atom. The molecule has 2 heterocycles. The minimum Gasteiger partial charge on any atom is -0.341 e. The van der Waals surface area contributed by atoms with Gasteiger partial charge in [-0.25, -0.2) is 0 Å². The van der Waals surface area contributed by atoms with Crippen molar-refractivity contribution in [1.82, 2.24) is 19.9 Å². The third-order valence-corrected chi connectivity index (χ3v) is 6.04. The summed E-state index contributed by atoms with van der Waals surface area (Å²) in [7, 11) is 1.87. The van der Waals surface area contributed by atoms with Gasteiger partial charge in [0.2, 0.25) is 17.6 Å². The van der Waals surface area contributed by atoms with Gasteiger partial charge in [-0.3, -0.25) is 9.69 Å². The van der Waals surface area contributed by atoms with E-state index in [1.807, 2.05) is 42.3 Å². The standard InChI is InChI=1S/C23H24Cl2N4O2/c1-28(13-16-6-3-2-4-7-16)23(30)17-8-5-11-29(14-17)15-21-26-22(27-31-21)19-10-9-18(24)12-20(19)25/h2-4,6-7,9-10,12,17H,5,8,11,13-15H2,1H3. The summed E-state index contributed by atoms with van der Waals surface area (Å²) in [5.41, 5.74) is 1.81. The Bertz CT molecular complexity index is 1040. The average Bonchev–Trinajstić information content (AvgIpc) is 3.22. The molecule has 0 bridgehead atoms. The third kappa shape index (κ3) is 5.45. The van der Waals surface area contributed by atoms with Crippen LogP contribution in [-0.4, -0.2) is 46.0 Å².